The summed E-state index contributed by atoms with van der Waals surface area (Å²) in [5, 5.41) is 2.80. The number of aryl methyl sites for hydroxylation is 2. The number of carbonyl (C=O) groups is 1. The lowest BCUT2D eigenvalue weighted by Crippen LogP contribution is -2.08. The van der Waals surface area contributed by atoms with Crippen LogP contribution in [0.15, 0.2) is 36.4 Å². The molecule has 1 N–H and O–H groups in total. The number of ether oxygens (including phenoxy) is 3. The van der Waals surface area contributed by atoms with E-state index in [0.29, 0.717) is 22.9 Å². The summed E-state index contributed by atoms with van der Waals surface area (Å²) in [5.41, 5.74) is 2.87. The summed E-state index contributed by atoms with van der Waals surface area (Å²) < 4.78 is 16.1. The van der Waals surface area contributed by atoms with Crippen molar-refractivity contribution in [3.05, 3.63) is 47.5 Å². The molecule has 24 heavy (non-hydrogen) atoms. The van der Waals surface area contributed by atoms with Crippen LogP contribution in [0.1, 0.15) is 18.1 Å². The van der Waals surface area contributed by atoms with E-state index in [-0.39, 0.29) is 5.91 Å². The van der Waals surface area contributed by atoms with Crippen LogP contribution in [0, 0.1) is 0 Å². The van der Waals surface area contributed by atoms with E-state index in [9.17, 15) is 4.79 Å². The fourth-order valence-corrected chi connectivity index (χ4v) is 2.63. The summed E-state index contributed by atoms with van der Waals surface area (Å²) >= 11 is 0. The van der Waals surface area contributed by atoms with E-state index in [1.807, 2.05) is 36.4 Å². The molecule has 0 bridgehead atoms. The highest BCUT2D eigenvalue weighted by atomic mass is 16.5. The average Bonchev–Trinajstić information content (AvgIpc) is 2.59. The van der Waals surface area contributed by atoms with Crippen LogP contribution < -0.4 is 19.5 Å². The zero-order valence-corrected chi connectivity index (χ0v) is 14.5. The molecule has 0 saturated heterocycles. The predicted molar refractivity (Wildman–Crippen MR) is 94.3 cm³/mol. The van der Waals surface area contributed by atoms with Gasteiger partial charge in [0.05, 0.1) is 27.0 Å². The summed E-state index contributed by atoms with van der Waals surface area (Å²) in [5.74, 6) is 2.01. The van der Waals surface area contributed by atoms with Crippen LogP contribution in [0.4, 0.5) is 5.69 Å². The zero-order chi connectivity index (χ0) is 17.5. The molecule has 0 unspecified atom stereocenters. The lowest BCUT2D eigenvalue weighted by Gasteiger charge is -2.14. The molecule has 0 aromatic heterocycles. The predicted octanol–water partition coefficient (Wildman–Crippen LogP) is 3.46. The molecule has 2 rings (SSSR count). The maximum absolute atomic E-state index is 11.3. The molecule has 2 aromatic carbocycles. The minimum atomic E-state index is -0.120. The van der Waals surface area contributed by atoms with Crippen molar-refractivity contribution < 1.29 is 19.0 Å². The van der Waals surface area contributed by atoms with Crippen molar-refractivity contribution in [1.29, 1.82) is 0 Å². The topological polar surface area (TPSA) is 56.8 Å². The second kappa shape index (κ2) is 8.24. The Morgan fingerprint density at radius 3 is 2.33 bits per heavy atom. The summed E-state index contributed by atoms with van der Waals surface area (Å²) in [6.45, 7) is 1.48. The Bertz CT molecular complexity index is 713. The maximum atomic E-state index is 11.3. The molecule has 5 heteroatoms. The van der Waals surface area contributed by atoms with Gasteiger partial charge in [0.15, 0.2) is 11.5 Å². The molecule has 0 aliphatic rings. The number of nitrogens with one attached hydrogen (secondary N) is 1. The molecule has 0 fully saturated rings. The SMILES string of the molecule is COc1ccc(CCc2cccc(NC(C)=O)c2OC)cc1OC. The van der Waals surface area contributed by atoms with Gasteiger partial charge in [-0.25, -0.2) is 0 Å². The number of amides is 1. The van der Waals surface area contributed by atoms with Crippen LogP contribution in [0.5, 0.6) is 17.2 Å². The summed E-state index contributed by atoms with van der Waals surface area (Å²) in [6.07, 6.45) is 1.60. The normalized spacial score (nSPS) is 10.2. The van der Waals surface area contributed by atoms with Gasteiger partial charge in [0, 0.05) is 6.92 Å². The molecule has 5 nitrogen and oxygen atoms in total. The minimum Gasteiger partial charge on any atom is -0.494 e. The van der Waals surface area contributed by atoms with Gasteiger partial charge in [-0.2, -0.15) is 0 Å². The third-order valence-electron chi connectivity index (χ3n) is 3.74. The zero-order valence-electron chi connectivity index (χ0n) is 14.5. The van der Waals surface area contributed by atoms with Gasteiger partial charge in [0.2, 0.25) is 5.91 Å². The molecule has 0 radical (unpaired) electrons. The van der Waals surface area contributed by atoms with Crippen LogP contribution in [-0.4, -0.2) is 27.2 Å². The van der Waals surface area contributed by atoms with Gasteiger partial charge in [-0.3, -0.25) is 4.79 Å². The second-order valence-electron chi connectivity index (χ2n) is 5.37. The van der Waals surface area contributed by atoms with E-state index in [4.69, 9.17) is 14.2 Å². The highest BCUT2D eigenvalue weighted by Crippen LogP contribution is 2.31. The Labute approximate surface area is 142 Å². The molecular formula is C19H23NO4. The van der Waals surface area contributed by atoms with Crippen molar-refractivity contribution in [3.8, 4) is 17.2 Å². The van der Waals surface area contributed by atoms with Gasteiger partial charge in [-0.05, 0) is 42.2 Å². The largest absolute Gasteiger partial charge is 0.494 e. The van der Waals surface area contributed by atoms with E-state index in [2.05, 4.69) is 5.32 Å². The first kappa shape index (κ1) is 17.7. The number of hydrogen-bond acceptors (Lipinski definition) is 4. The van der Waals surface area contributed by atoms with Crippen molar-refractivity contribution in [2.24, 2.45) is 0 Å². The Morgan fingerprint density at radius 2 is 1.71 bits per heavy atom. The number of carbonyl (C=O) groups excluding carboxylic acids is 1. The minimum absolute atomic E-state index is 0.120. The van der Waals surface area contributed by atoms with Crippen LogP contribution in [-0.2, 0) is 17.6 Å². The Hall–Kier alpha value is -2.69. The Morgan fingerprint density at radius 1 is 0.958 bits per heavy atom. The second-order valence-corrected chi connectivity index (χ2v) is 5.37. The summed E-state index contributed by atoms with van der Waals surface area (Å²) in [4.78, 5) is 11.3. The molecule has 1 amide bonds. The first-order valence-electron chi connectivity index (χ1n) is 7.73. The highest BCUT2D eigenvalue weighted by molar-refractivity contribution is 5.90. The Kier molecular flexibility index (Phi) is 6.07. The lowest BCUT2D eigenvalue weighted by molar-refractivity contribution is -0.114. The van der Waals surface area contributed by atoms with Crippen molar-refractivity contribution in [2.75, 3.05) is 26.6 Å². The summed E-state index contributed by atoms with van der Waals surface area (Å²) in [6, 6.07) is 11.6. The standard InChI is InChI=1S/C19H23NO4/c1-13(21)20-16-7-5-6-15(19(16)24-4)10-8-14-9-11-17(22-2)18(12-14)23-3/h5-7,9,11-12H,8,10H2,1-4H3,(H,20,21). The number of rotatable bonds is 7. The average molecular weight is 329 g/mol. The molecule has 0 saturated carbocycles. The Balaban J connectivity index is 2.18. The van der Waals surface area contributed by atoms with Gasteiger partial charge in [-0.1, -0.05) is 18.2 Å². The number of methoxy groups -OCH3 is 3. The van der Waals surface area contributed by atoms with Gasteiger partial charge in [0.25, 0.3) is 0 Å². The monoisotopic (exact) mass is 329 g/mol. The smallest absolute Gasteiger partial charge is 0.221 e. The number of para-hydroxylation sites is 1. The molecular weight excluding hydrogens is 306 g/mol. The molecule has 0 heterocycles. The quantitative estimate of drug-likeness (QED) is 0.845. The van der Waals surface area contributed by atoms with Crippen LogP contribution in [0.2, 0.25) is 0 Å². The van der Waals surface area contributed by atoms with E-state index in [0.717, 1.165) is 24.0 Å². The van der Waals surface area contributed by atoms with E-state index in [1.165, 1.54) is 6.92 Å². The number of anilines is 1. The first-order valence-corrected chi connectivity index (χ1v) is 7.73. The van der Waals surface area contributed by atoms with E-state index < -0.39 is 0 Å². The first-order chi connectivity index (χ1) is 11.6. The van der Waals surface area contributed by atoms with Gasteiger partial charge >= 0.3 is 0 Å². The number of benzene rings is 2. The van der Waals surface area contributed by atoms with Crippen LogP contribution in [0.25, 0.3) is 0 Å². The molecule has 0 spiro atoms. The molecule has 128 valence electrons. The molecule has 2 aromatic rings. The lowest BCUT2D eigenvalue weighted by atomic mass is 10.0. The highest BCUT2D eigenvalue weighted by Gasteiger charge is 2.11. The van der Waals surface area contributed by atoms with Crippen LogP contribution >= 0.6 is 0 Å². The van der Waals surface area contributed by atoms with E-state index >= 15 is 0 Å². The fourth-order valence-electron chi connectivity index (χ4n) is 2.63. The van der Waals surface area contributed by atoms with Crippen molar-refractivity contribution in [1.82, 2.24) is 0 Å². The summed E-state index contributed by atoms with van der Waals surface area (Å²) in [7, 11) is 4.86. The molecule has 0 atom stereocenters. The third kappa shape index (κ3) is 4.19. The molecule has 0 aliphatic carbocycles. The van der Waals surface area contributed by atoms with Crippen molar-refractivity contribution in [2.45, 2.75) is 19.8 Å². The van der Waals surface area contributed by atoms with Gasteiger partial charge < -0.3 is 19.5 Å². The third-order valence-corrected chi connectivity index (χ3v) is 3.74. The number of hydrogen-bond donors (Lipinski definition) is 1. The van der Waals surface area contributed by atoms with Gasteiger partial charge in [0.1, 0.15) is 5.75 Å². The van der Waals surface area contributed by atoms with Crippen LogP contribution in [0.3, 0.4) is 0 Å². The van der Waals surface area contributed by atoms with E-state index in [1.54, 1.807) is 21.3 Å². The van der Waals surface area contributed by atoms with Crippen molar-refractivity contribution in [3.63, 3.8) is 0 Å². The van der Waals surface area contributed by atoms with Gasteiger partial charge in [-0.15, -0.1) is 0 Å². The fraction of sp³-hybridized carbons (Fsp3) is 0.316. The van der Waals surface area contributed by atoms with Crippen molar-refractivity contribution >= 4 is 11.6 Å². The maximum Gasteiger partial charge on any atom is 0.221 e. The molecule has 0 aliphatic heterocycles.